The van der Waals surface area contributed by atoms with Crippen LogP contribution in [0.25, 0.3) is 0 Å². The highest BCUT2D eigenvalue weighted by molar-refractivity contribution is 7.38. The van der Waals surface area contributed by atoms with Crippen molar-refractivity contribution in [2.45, 2.75) is 71.5 Å². The van der Waals surface area contributed by atoms with Gasteiger partial charge in [0.25, 0.3) is 0 Å². The van der Waals surface area contributed by atoms with Crippen LogP contribution in [0.2, 0.25) is 0 Å². The van der Waals surface area contributed by atoms with Crippen molar-refractivity contribution >= 4 is 15.3 Å². The second kappa shape index (κ2) is 8.15. The number of aromatic nitrogens is 1. The predicted molar refractivity (Wildman–Crippen MR) is 109 cm³/mol. The van der Waals surface area contributed by atoms with Crippen LogP contribution in [0.15, 0.2) is 17.4 Å². The van der Waals surface area contributed by atoms with Crippen molar-refractivity contribution < 1.29 is 0 Å². The molecule has 0 aromatic carbocycles. The van der Waals surface area contributed by atoms with Gasteiger partial charge in [-0.3, -0.25) is 4.90 Å². The Bertz CT molecular complexity index is 549. The molecule has 0 amide bonds. The second-order valence-electron chi connectivity index (χ2n) is 8.20. The molecule has 3 nitrogen and oxygen atoms in total. The molecular weight excluding hydrogens is 313 g/mol. The fraction of sp³-hybridized carbons (Fsp3) is 0.750. The molecule has 1 aliphatic rings. The minimum absolute atomic E-state index is 0.372. The van der Waals surface area contributed by atoms with Gasteiger partial charge in [0, 0.05) is 26.0 Å². The molecule has 2 atom stereocenters. The first-order valence-electron chi connectivity index (χ1n) is 9.45. The zero-order chi connectivity index (χ0) is 17.8. The van der Waals surface area contributed by atoms with E-state index in [9.17, 15) is 0 Å². The van der Waals surface area contributed by atoms with Crippen molar-refractivity contribution in [2.75, 3.05) is 19.8 Å². The van der Waals surface area contributed by atoms with Crippen molar-refractivity contribution in [2.24, 2.45) is 10.5 Å². The summed E-state index contributed by atoms with van der Waals surface area (Å²) >= 11 is 0. The van der Waals surface area contributed by atoms with Crippen LogP contribution in [-0.4, -0.2) is 41.2 Å². The van der Waals surface area contributed by atoms with E-state index in [0.717, 1.165) is 21.5 Å². The molecule has 24 heavy (non-hydrogen) atoms. The van der Waals surface area contributed by atoms with E-state index < -0.39 is 0 Å². The number of nitrogens with zero attached hydrogens (tertiary/aromatic N) is 3. The molecule has 1 aromatic heterocycles. The van der Waals surface area contributed by atoms with E-state index in [-0.39, 0.29) is 0 Å². The Kier molecular flexibility index (Phi) is 6.67. The fourth-order valence-corrected chi connectivity index (χ4v) is 4.47. The largest absolute Gasteiger partial charge is 0.297 e. The zero-order valence-corrected chi connectivity index (χ0v) is 17.4. The number of rotatable bonds is 9. The molecular formula is C20H36N3P. The molecule has 4 heteroatoms. The second-order valence-corrected chi connectivity index (χ2v) is 10.1. The summed E-state index contributed by atoms with van der Waals surface area (Å²) < 4.78 is 2.00. The molecule has 0 saturated carbocycles. The van der Waals surface area contributed by atoms with Crippen LogP contribution in [0, 0.1) is 5.41 Å². The average Bonchev–Trinajstić information content (AvgIpc) is 3.12. The van der Waals surface area contributed by atoms with Crippen molar-refractivity contribution in [3.05, 3.63) is 23.5 Å². The monoisotopic (exact) mass is 349 g/mol. The summed E-state index contributed by atoms with van der Waals surface area (Å²) in [5.74, 6) is 0. The predicted octanol–water partition coefficient (Wildman–Crippen LogP) is 4.98. The fourth-order valence-electron chi connectivity index (χ4n) is 4.09. The molecule has 1 aliphatic heterocycles. The van der Waals surface area contributed by atoms with Gasteiger partial charge in [-0.15, -0.1) is 8.58 Å². The average molecular weight is 350 g/mol. The van der Waals surface area contributed by atoms with Gasteiger partial charge >= 0.3 is 0 Å². The lowest BCUT2D eigenvalue weighted by molar-refractivity contribution is 0.224. The standard InChI is InChI=1S/C20H36N3P/c1-7-9-20(8-2)10-11-22(16-20)15-18-12-17(14-23(18)21-5)13-19(3,4)24-6/h12,14,24H,5,7-11,13,15-16H2,1-4,6H3. The van der Waals surface area contributed by atoms with Crippen molar-refractivity contribution in [1.29, 1.82) is 0 Å². The molecule has 2 unspecified atom stereocenters. The number of hydrogen-bond acceptors (Lipinski definition) is 2. The number of likely N-dealkylation sites (tertiary alicyclic amines) is 1. The summed E-state index contributed by atoms with van der Waals surface area (Å²) in [7, 11) is 0.949. The van der Waals surface area contributed by atoms with E-state index in [1.165, 1.54) is 50.0 Å². The van der Waals surface area contributed by atoms with Gasteiger partial charge in [0.15, 0.2) is 0 Å². The maximum absolute atomic E-state index is 4.22. The smallest absolute Gasteiger partial charge is 0.0563 e. The maximum atomic E-state index is 4.22. The van der Waals surface area contributed by atoms with Crippen LogP contribution in [0.5, 0.6) is 0 Å². The summed E-state index contributed by atoms with van der Waals surface area (Å²) in [6, 6.07) is 2.35. The van der Waals surface area contributed by atoms with E-state index in [1.807, 2.05) is 4.68 Å². The molecule has 0 aliphatic carbocycles. The molecule has 0 radical (unpaired) electrons. The summed E-state index contributed by atoms with van der Waals surface area (Å²) in [6.45, 7) is 18.9. The normalized spacial score (nSPS) is 22.7. The molecule has 2 heterocycles. The van der Waals surface area contributed by atoms with E-state index in [4.69, 9.17) is 0 Å². The van der Waals surface area contributed by atoms with E-state index in [0.29, 0.717) is 10.6 Å². The van der Waals surface area contributed by atoms with Crippen LogP contribution in [0.3, 0.4) is 0 Å². The minimum atomic E-state index is 0.372. The van der Waals surface area contributed by atoms with Crippen LogP contribution in [-0.2, 0) is 13.0 Å². The van der Waals surface area contributed by atoms with Gasteiger partial charge < -0.3 is 0 Å². The topological polar surface area (TPSA) is 20.5 Å². The quantitative estimate of drug-likeness (QED) is 0.455. The Labute approximate surface area is 150 Å². The molecule has 1 saturated heterocycles. The Morgan fingerprint density at radius 3 is 2.71 bits per heavy atom. The first kappa shape index (κ1) is 19.7. The Morgan fingerprint density at radius 1 is 1.38 bits per heavy atom. The van der Waals surface area contributed by atoms with Gasteiger partial charge in [-0.05, 0) is 61.1 Å². The third-order valence-corrected chi connectivity index (χ3v) is 7.37. The molecule has 0 N–H and O–H groups in total. The molecule has 1 fully saturated rings. The van der Waals surface area contributed by atoms with Crippen LogP contribution in [0.4, 0.5) is 0 Å². The minimum Gasteiger partial charge on any atom is -0.297 e. The van der Waals surface area contributed by atoms with Crippen LogP contribution >= 0.6 is 8.58 Å². The highest BCUT2D eigenvalue weighted by Gasteiger charge is 2.35. The lowest BCUT2D eigenvalue weighted by Crippen LogP contribution is -2.27. The van der Waals surface area contributed by atoms with Gasteiger partial charge in [-0.25, -0.2) is 4.68 Å². The Hall–Kier alpha value is -0.660. The highest BCUT2D eigenvalue weighted by Crippen LogP contribution is 2.39. The van der Waals surface area contributed by atoms with Crippen molar-refractivity contribution in [1.82, 2.24) is 9.58 Å². The van der Waals surface area contributed by atoms with Crippen LogP contribution in [0.1, 0.15) is 64.6 Å². The van der Waals surface area contributed by atoms with Gasteiger partial charge in [0.1, 0.15) is 0 Å². The van der Waals surface area contributed by atoms with Crippen molar-refractivity contribution in [3.8, 4) is 0 Å². The van der Waals surface area contributed by atoms with E-state index in [1.54, 1.807) is 0 Å². The first-order chi connectivity index (χ1) is 11.4. The summed E-state index contributed by atoms with van der Waals surface area (Å²) in [6.07, 6.45) is 8.60. The van der Waals surface area contributed by atoms with Crippen LogP contribution < -0.4 is 0 Å². The molecule has 0 spiro atoms. The van der Waals surface area contributed by atoms with Gasteiger partial charge in [-0.1, -0.05) is 34.1 Å². The highest BCUT2D eigenvalue weighted by atomic mass is 31.1. The molecule has 136 valence electrons. The summed E-state index contributed by atoms with van der Waals surface area (Å²) in [4.78, 5) is 2.62. The lowest BCUT2D eigenvalue weighted by atomic mass is 9.80. The lowest BCUT2D eigenvalue weighted by Gasteiger charge is -2.27. The molecule has 1 aromatic rings. The zero-order valence-electron chi connectivity index (χ0n) is 16.4. The summed E-state index contributed by atoms with van der Waals surface area (Å²) in [5.41, 5.74) is 3.23. The van der Waals surface area contributed by atoms with E-state index >= 15 is 0 Å². The third-order valence-electron chi connectivity index (χ3n) is 5.84. The van der Waals surface area contributed by atoms with Gasteiger partial charge in [0.05, 0.1) is 5.69 Å². The first-order valence-corrected chi connectivity index (χ1v) is 11.0. The Morgan fingerprint density at radius 2 is 2.12 bits per heavy atom. The maximum Gasteiger partial charge on any atom is 0.0563 e. The van der Waals surface area contributed by atoms with E-state index in [2.05, 4.69) is 63.3 Å². The van der Waals surface area contributed by atoms with Crippen molar-refractivity contribution in [3.63, 3.8) is 0 Å². The molecule has 2 rings (SSSR count). The summed E-state index contributed by atoms with van der Waals surface area (Å²) in [5, 5.41) is 4.60. The Balaban J connectivity index is 2.07. The molecule has 0 bridgehead atoms. The SMILES string of the molecule is C=Nn1cc(CC(C)(C)PC)cc1CN1CCC(CC)(CCC)C1. The third kappa shape index (κ3) is 4.70. The van der Waals surface area contributed by atoms with Gasteiger partial charge in [0.2, 0.25) is 0 Å². The van der Waals surface area contributed by atoms with Gasteiger partial charge in [-0.2, -0.15) is 5.10 Å². The number of hydrogen-bond donors (Lipinski definition) is 0.